The first-order chi connectivity index (χ1) is 7.99. The molecule has 17 heavy (non-hydrogen) atoms. The molecule has 0 radical (unpaired) electrons. The van der Waals surface area contributed by atoms with Crippen molar-refractivity contribution in [2.45, 2.75) is 6.92 Å². The number of rotatable bonds is 1. The Kier molecular flexibility index (Phi) is 3.26. The van der Waals surface area contributed by atoms with E-state index in [0.29, 0.717) is 5.56 Å². The molecule has 0 spiro atoms. The van der Waals surface area contributed by atoms with Crippen LogP contribution in [0.3, 0.4) is 0 Å². The van der Waals surface area contributed by atoms with Gasteiger partial charge in [0.15, 0.2) is 16.8 Å². The summed E-state index contributed by atoms with van der Waals surface area (Å²) in [7, 11) is 0. The number of nitrogens with zero attached hydrogens (tertiary/aromatic N) is 2. The second-order valence-electron chi connectivity index (χ2n) is 3.37. The van der Waals surface area contributed by atoms with Gasteiger partial charge in [-0.3, -0.25) is 0 Å². The van der Waals surface area contributed by atoms with Crippen LogP contribution in [0.15, 0.2) is 18.2 Å². The van der Waals surface area contributed by atoms with Gasteiger partial charge in [-0.2, -0.15) is 0 Å². The standard InChI is InChI=1S/C11H6Cl2F2N2/c1-5-9(15)10(13)17-11(16-5)6-2-3-7(12)8(14)4-6/h2-4H,1H3. The van der Waals surface area contributed by atoms with Crippen LogP contribution in [0.5, 0.6) is 0 Å². The van der Waals surface area contributed by atoms with Crippen LogP contribution in [-0.2, 0) is 0 Å². The SMILES string of the molecule is Cc1nc(-c2ccc(Cl)c(F)c2)nc(Cl)c1F. The number of hydrogen-bond acceptors (Lipinski definition) is 2. The molecule has 0 N–H and O–H groups in total. The fourth-order valence-corrected chi connectivity index (χ4v) is 1.62. The summed E-state index contributed by atoms with van der Waals surface area (Å²) in [6.45, 7) is 1.46. The van der Waals surface area contributed by atoms with Crippen molar-refractivity contribution in [3.8, 4) is 11.4 Å². The third kappa shape index (κ3) is 2.37. The summed E-state index contributed by atoms with van der Waals surface area (Å²) >= 11 is 11.1. The summed E-state index contributed by atoms with van der Waals surface area (Å²) in [4.78, 5) is 7.64. The van der Waals surface area contributed by atoms with E-state index in [-0.39, 0.29) is 21.7 Å². The van der Waals surface area contributed by atoms with Crippen LogP contribution >= 0.6 is 23.2 Å². The molecule has 1 aromatic heterocycles. The zero-order chi connectivity index (χ0) is 12.6. The highest BCUT2D eigenvalue weighted by molar-refractivity contribution is 6.30. The van der Waals surface area contributed by atoms with Crippen molar-refractivity contribution in [3.05, 3.63) is 45.7 Å². The van der Waals surface area contributed by atoms with Crippen LogP contribution in [0.4, 0.5) is 8.78 Å². The van der Waals surface area contributed by atoms with Gasteiger partial charge in [-0.05, 0) is 25.1 Å². The molecule has 2 nitrogen and oxygen atoms in total. The first-order valence-corrected chi connectivity index (χ1v) is 5.39. The molecule has 0 amide bonds. The van der Waals surface area contributed by atoms with E-state index in [9.17, 15) is 8.78 Å². The number of halogens is 4. The molecule has 0 fully saturated rings. The maximum absolute atomic E-state index is 13.3. The third-order valence-electron chi connectivity index (χ3n) is 2.15. The maximum atomic E-state index is 13.3. The van der Waals surface area contributed by atoms with Crippen LogP contribution in [0.2, 0.25) is 10.2 Å². The molecule has 0 atom stereocenters. The Morgan fingerprint density at radius 2 is 1.82 bits per heavy atom. The number of aromatic nitrogens is 2. The Morgan fingerprint density at radius 3 is 2.41 bits per heavy atom. The average molecular weight is 275 g/mol. The predicted octanol–water partition coefficient (Wildman–Crippen LogP) is 4.04. The minimum Gasteiger partial charge on any atom is -0.230 e. The highest BCUT2D eigenvalue weighted by Gasteiger charge is 2.12. The number of benzene rings is 1. The molecule has 0 aliphatic carbocycles. The van der Waals surface area contributed by atoms with Crippen molar-refractivity contribution in [2.75, 3.05) is 0 Å². The zero-order valence-electron chi connectivity index (χ0n) is 8.64. The summed E-state index contributed by atoms with van der Waals surface area (Å²) in [5.41, 5.74) is 0.493. The molecule has 0 aliphatic heterocycles. The van der Waals surface area contributed by atoms with Gasteiger partial charge in [-0.15, -0.1) is 0 Å². The Hall–Kier alpha value is -1.26. The Balaban J connectivity index is 2.57. The van der Waals surface area contributed by atoms with Crippen molar-refractivity contribution < 1.29 is 8.78 Å². The third-order valence-corrected chi connectivity index (χ3v) is 2.71. The van der Waals surface area contributed by atoms with Crippen LogP contribution in [0, 0.1) is 18.6 Å². The molecular formula is C11H6Cl2F2N2. The highest BCUT2D eigenvalue weighted by atomic mass is 35.5. The van der Waals surface area contributed by atoms with Gasteiger partial charge in [-0.1, -0.05) is 23.2 Å². The topological polar surface area (TPSA) is 25.8 Å². The van der Waals surface area contributed by atoms with Gasteiger partial charge < -0.3 is 0 Å². The molecule has 6 heteroatoms. The zero-order valence-corrected chi connectivity index (χ0v) is 10.2. The molecule has 88 valence electrons. The maximum Gasteiger partial charge on any atom is 0.181 e. The lowest BCUT2D eigenvalue weighted by Crippen LogP contribution is -1.97. The van der Waals surface area contributed by atoms with E-state index in [1.54, 1.807) is 0 Å². The average Bonchev–Trinajstić information content (AvgIpc) is 2.29. The Bertz CT molecular complexity index is 565. The minimum atomic E-state index is -0.676. The summed E-state index contributed by atoms with van der Waals surface area (Å²) in [5.74, 6) is -1.11. The van der Waals surface area contributed by atoms with Gasteiger partial charge in [0.25, 0.3) is 0 Å². The lowest BCUT2D eigenvalue weighted by atomic mass is 10.2. The van der Waals surface area contributed by atoms with E-state index < -0.39 is 11.6 Å². The van der Waals surface area contributed by atoms with Crippen molar-refractivity contribution >= 4 is 23.2 Å². The predicted molar refractivity (Wildman–Crippen MR) is 62.1 cm³/mol. The van der Waals surface area contributed by atoms with Crippen LogP contribution in [0.1, 0.15) is 5.69 Å². The lowest BCUT2D eigenvalue weighted by molar-refractivity contribution is 0.603. The smallest absolute Gasteiger partial charge is 0.181 e. The molecular weight excluding hydrogens is 269 g/mol. The summed E-state index contributed by atoms with van der Waals surface area (Å²) in [6, 6.07) is 4.09. The van der Waals surface area contributed by atoms with E-state index in [0.717, 1.165) is 0 Å². The number of aryl methyl sites for hydroxylation is 1. The molecule has 0 unspecified atom stereocenters. The van der Waals surface area contributed by atoms with E-state index >= 15 is 0 Å². The van der Waals surface area contributed by atoms with Gasteiger partial charge in [0.05, 0.1) is 10.7 Å². The van der Waals surface area contributed by atoms with Gasteiger partial charge in [0.2, 0.25) is 0 Å². The monoisotopic (exact) mass is 274 g/mol. The molecule has 2 rings (SSSR count). The molecule has 0 aliphatic rings. The molecule has 2 aromatic rings. The van der Waals surface area contributed by atoms with Crippen LogP contribution in [-0.4, -0.2) is 9.97 Å². The lowest BCUT2D eigenvalue weighted by Gasteiger charge is -2.04. The molecule has 0 bridgehead atoms. The summed E-state index contributed by atoms with van der Waals surface area (Å²) < 4.78 is 26.5. The van der Waals surface area contributed by atoms with Crippen LogP contribution in [0.25, 0.3) is 11.4 Å². The van der Waals surface area contributed by atoms with Crippen molar-refractivity contribution in [2.24, 2.45) is 0 Å². The Labute approximate surface area is 106 Å². The minimum absolute atomic E-state index is 0.00122. The molecule has 1 aromatic carbocycles. The van der Waals surface area contributed by atoms with E-state index in [1.807, 2.05) is 0 Å². The van der Waals surface area contributed by atoms with Gasteiger partial charge in [-0.25, -0.2) is 18.7 Å². The fourth-order valence-electron chi connectivity index (χ4n) is 1.29. The highest BCUT2D eigenvalue weighted by Crippen LogP contribution is 2.24. The van der Waals surface area contributed by atoms with Gasteiger partial charge in [0.1, 0.15) is 5.82 Å². The largest absolute Gasteiger partial charge is 0.230 e. The quantitative estimate of drug-likeness (QED) is 0.734. The van der Waals surface area contributed by atoms with Crippen molar-refractivity contribution in [1.29, 1.82) is 0 Å². The van der Waals surface area contributed by atoms with Crippen molar-refractivity contribution in [1.82, 2.24) is 9.97 Å². The fraction of sp³-hybridized carbons (Fsp3) is 0.0909. The Morgan fingerprint density at radius 1 is 1.12 bits per heavy atom. The molecule has 1 heterocycles. The van der Waals surface area contributed by atoms with Crippen LogP contribution < -0.4 is 0 Å². The normalized spacial score (nSPS) is 10.6. The molecule has 0 saturated carbocycles. The second-order valence-corrected chi connectivity index (χ2v) is 4.13. The second kappa shape index (κ2) is 4.55. The summed E-state index contributed by atoms with van der Waals surface area (Å²) in [5, 5.41) is -0.290. The van der Waals surface area contributed by atoms with E-state index in [2.05, 4.69) is 9.97 Å². The van der Waals surface area contributed by atoms with Crippen molar-refractivity contribution in [3.63, 3.8) is 0 Å². The number of hydrogen-bond donors (Lipinski definition) is 0. The first kappa shape index (κ1) is 12.2. The first-order valence-electron chi connectivity index (χ1n) is 4.64. The molecule has 0 saturated heterocycles. The van der Waals surface area contributed by atoms with E-state index in [4.69, 9.17) is 23.2 Å². The van der Waals surface area contributed by atoms with Gasteiger partial charge >= 0.3 is 0 Å². The summed E-state index contributed by atoms with van der Waals surface area (Å²) in [6.07, 6.45) is 0. The van der Waals surface area contributed by atoms with E-state index in [1.165, 1.54) is 25.1 Å². The van der Waals surface area contributed by atoms with Gasteiger partial charge in [0, 0.05) is 5.56 Å².